The van der Waals surface area contributed by atoms with Crippen molar-refractivity contribution in [2.45, 2.75) is 19.1 Å². The Bertz CT molecular complexity index is 1460. The van der Waals surface area contributed by atoms with Gasteiger partial charge in [-0.1, -0.05) is 30.3 Å². The van der Waals surface area contributed by atoms with E-state index in [2.05, 4.69) is 15.3 Å². The van der Waals surface area contributed by atoms with Crippen molar-refractivity contribution in [1.29, 1.82) is 0 Å². The van der Waals surface area contributed by atoms with Crippen molar-refractivity contribution in [3.63, 3.8) is 0 Å². The van der Waals surface area contributed by atoms with Crippen LogP contribution in [0.5, 0.6) is 0 Å². The molecule has 1 aliphatic heterocycles. The number of rotatable bonds is 4. The highest BCUT2D eigenvalue weighted by molar-refractivity contribution is 5.81. The largest absolute Gasteiger partial charge is 0.465 e. The second kappa shape index (κ2) is 9.49. The number of nitrogens with zero attached hydrogens (tertiary/aromatic N) is 4. The molecule has 0 spiro atoms. The first-order chi connectivity index (χ1) is 17.7. The van der Waals surface area contributed by atoms with E-state index in [4.69, 9.17) is 4.98 Å². The van der Waals surface area contributed by atoms with Crippen molar-refractivity contribution in [2.75, 3.05) is 11.9 Å². The van der Waals surface area contributed by atoms with Crippen LogP contribution < -0.4 is 5.32 Å². The summed E-state index contributed by atoms with van der Waals surface area (Å²) in [6, 6.07) is 13.6. The van der Waals surface area contributed by atoms with Gasteiger partial charge in [0, 0.05) is 42.2 Å². The number of benzene rings is 2. The number of carbonyl (C=O) groups is 1. The van der Waals surface area contributed by atoms with E-state index in [9.17, 15) is 23.1 Å². The van der Waals surface area contributed by atoms with Crippen LogP contribution in [-0.2, 0) is 19.1 Å². The zero-order valence-corrected chi connectivity index (χ0v) is 19.1. The SMILES string of the molecule is O=C(O)N1CCc2nc(-c3ccccc3)c(Nc3cc(-c4ncccn4)c(C(F)(F)F)cc3F)cc2C1. The van der Waals surface area contributed by atoms with Gasteiger partial charge in [-0.05, 0) is 29.8 Å². The van der Waals surface area contributed by atoms with E-state index in [-0.39, 0.29) is 30.2 Å². The molecule has 11 heteroatoms. The summed E-state index contributed by atoms with van der Waals surface area (Å²) in [5.74, 6) is -1.34. The predicted octanol–water partition coefficient (Wildman–Crippen LogP) is 6.14. The van der Waals surface area contributed by atoms with Gasteiger partial charge < -0.3 is 15.3 Å². The maximum Gasteiger partial charge on any atom is 0.417 e. The first kappa shape index (κ1) is 24.2. The monoisotopic (exact) mass is 509 g/mol. The predicted molar refractivity (Wildman–Crippen MR) is 128 cm³/mol. The molecule has 0 saturated carbocycles. The minimum atomic E-state index is -4.84. The zero-order valence-electron chi connectivity index (χ0n) is 19.1. The molecule has 7 nitrogen and oxygen atoms in total. The molecule has 1 amide bonds. The number of carboxylic acid groups (broad SMARTS) is 1. The lowest BCUT2D eigenvalue weighted by molar-refractivity contribution is -0.137. The molecule has 5 rings (SSSR count). The average Bonchev–Trinajstić information content (AvgIpc) is 2.89. The molecule has 0 saturated heterocycles. The van der Waals surface area contributed by atoms with Crippen LogP contribution in [0.15, 0.2) is 67.0 Å². The Morgan fingerprint density at radius 1 is 1.00 bits per heavy atom. The van der Waals surface area contributed by atoms with E-state index in [1.54, 1.807) is 30.3 Å². The fourth-order valence-corrected chi connectivity index (χ4v) is 4.22. The number of nitrogens with one attached hydrogen (secondary N) is 1. The van der Waals surface area contributed by atoms with Gasteiger partial charge in [0.05, 0.1) is 29.2 Å². The van der Waals surface area contributed by atoms with Crippen LogP contribution in [0.4, 0.5) is 33.7 Å². The molecule has 0 bridgehead atoms. The number of fused-ring (bicyclic) bond motifs is 1. The van der Waals surface area contributed by atoms with Gasteiger partial charge in [0.2, 0.25) is 0 Å². The lowest BCUT2D eigenvalue weighted by atomic mass is 10.0. The van der Waals surface area contributed by atoms with Gasteiger partial charge in [0.25, 0.3) is 0 Å². The number of hydrogen-bond acceptors (Lipinski definition) is 5. The lowest BCUT2D eigenvalue weighted by Gasteiger charge is -2.27. The van der Waals surface area contributed by atoms with Crippen molar-refractivity contribution in [3.8, 4) is 22.6 Å². The summed E-state index contributed by atoms with van der Waals surface area (Å²) in [6.07, 6.45) is -2.92. The average molecular weight is 509 g/mol. The van der Waals surface area contributed by atoms with Crippen LogP contribution in [0.2, 0.25) is 0 Å². The van der Waals surface area contributed by atoms with Crippen molar-refractivity contribution in [2.24, 2.45) is 0 Å². The standard InChI is InChI=1S/C26H19F4N5O2/c27-19-13-18(26(28,29)30)17(24-31-8-4-9-32-24)12-21(19)33-22-11-16-14-35(25(36)37)10-7-20(16)34-23(22)15-5-2-1-3-6-15/h1-6,8-9,11-13,33H,7,10,14H2,(H,36,37). The molecule has 4 aromatic rings. The molecule has 188 valence electrons. The fraction of sp³-hybridized carbons (Fsp3) is 0.154. The van der Waals surface area contributed by atoms with Crippen molar-refractivity contribution in [1.82, 2.24) is 19.9 Å². The summed E-state index contributed by atoms with van der Waals surface area (Å²) >= 11 is 0. The molecule has 1 aliphatic rings. The summed E-state index contributed by atoms with van der Waals surface area (Å²) < 4.78 is 56.3. The highest BCUT2D eigenvalue weighted by Gasteiger charge is 2.36. The highest BCUT2D eigenvalue weighted by Crippen LogP contribution is 2.40. The Morgan fingerprint density at radius 2 is 1.73 bits per heavy atom. The second-order valence-corrected chi connectivity index (χ2v) is 8.38. The van der Waals surface area contributed by atoms with E-state index in [0.29, 0.717) is 40.7 Å². The molecular formula is C26H19F4N5O2. The summed E-state index contributed by atoms with van der Waals surface area (Å²) in [6.45, 7) is 0.365. The molecule has 3 heterocycles. The van der Waals surface area contributed by atoms with Crippen molar-refractivity contribution in [3.05, 3.63) is 89.6 Å². The van der Waals surface area contributed by atoms with Gasteiger partial charge in [-0.25, -0.2) is 19.2 Å². The van der Waals surface area contributed by atoms with Crippen LogP contribution in [0.25, 0.3) is 22.6 Å². The van der Waals surface area contributed by atoms with E-state index < -0.39 is 23.7 Å². The Labute approximate surface area is 208 Å². The van der Waals surface area contributed by atoms with Gasteiger partial charge in [0.1, 0.15) is 5.82 Å². The van der Waals surface area contributed by atoms with Gasteiger partial charge >= 0.3 is 12.3 Å². The maximum absolute atomic E-state index is 15.1. The zero-order chi connectivity index (χ0) is 26.2. The van der Waals surface area contributed by atoms with Crippen molar-refractivity contribution >= 4 is 17.5 Å². The lowest BCUT2D eigenvalue weighted by Crippen LogP contribution is -2.35. The van der Waals surface area contributed by atoms with Crippen LogP contribution in [0, 0.1) is 5.82 Å². The van der Waals surface area contributed by atoms with E-state index in [1.807, 2.05) is 6.07 Å². The van der Waals surface area contributed by atoms with Gasteiger partial charge in [-0.3, -0.25) is 4.98 Å². The number of aromatic nitrogens is 3. The number of pyridine rings is 1. The third-order valence-corrected chi connectivity index (χ3v) is 5.98. The van der Waals surface area contributed by atoms with Crippen LogP contribution in [0.3, 0.4) is 0 Å². The molecule has 37 heavy (non-hydrogen) atoms. The topological polar surface area (TPSA) is 91.2 Å². The number of amides is 1. The first-order valence-corrected chi connectivity index (χ1v) is 11.2. The summed E-state index contributed by atoms with van der Waals surface area (Å²) in [5, 5.41) is 12.3. The molecule has 2 N–H and O–H groups in total. The molecule has 0 aliphatic carbocycles. The molecule has 0 atom stereocenters. The quantitative estimate of drug-likeness (QED) is 0.321. The van der Waals surface area contributed by atoms with Crippen LogP contribution in [-0.4, -0.2) is 37.6 Å². The van der Waals surface area contributed by atoms with Gasteiger partial charge in [0.15, 0.2) is 5.82 Å². The Balaban J connectivity index is 1.64. The third kappa shape index (κ3) is 4.92. The van der Waals surface area contributed by atoms with Gasteiger partial charge in [-0.15, -0.1) is 0 Å². The minimum Gasteiger partial charge on any atom is -0.465 e. The second-order valence-electron chi connectivity index (χ2n) is 8.38. The van der Waals surface area contributed by atoms with E-state index >= 15 is 4.39 Å². The van der Waals surface area contributed by atoms with E-state index in [0.717, 1.165) is 6.07 Å². The van der Waals surface area contributed by atoms with E-state index in [1.165, 1.54) is 23.4 Å². The normalized spacial score (nSPS) is 13.2. The molecule has 0 radical (unpaired) electrons. The molecule has 0 unspecified atom stereocenters. The number of hydrogen-bond donors (Lipinski definition) is 2. The first-order valence-electron chi connectivity index (χ1n) is 11.2. The smallest absolute Gasteiger partial charge is 0.417 e. The fourth-order valence-electron chi connectivity index (χ4n) is 4.22. The van der Waals surface area contributed by atoms with Gasteiger partial charge in [-0.2, -0.15) is 13.2 Å². The molecule has 2 aromatic heterocycles. The summed E-state index contributed by atoms with van der Waals surface area (Å²) in [7, 11) is 0. The number of anilines is 2. The highest BCUT2D eigenvalue weighted by atomic mass is 19.4. The third-order valence-electron chi connectivity index (χ3n) is 5.98. The molecular weight excluding hydrogens is 490 g/mol. The number of alkyl halides is 3. The Hall–Kier alpha value is -4.54. The Kier molecular flexibility index (Phi) is 6.20. The Morgan fingerprint density at radius 3 is 2.41 bits per heavy atom. The minimum absolute atomic E-state index is 0.0833. The maximum atomic E-state index is 15.1. The van der Waals surface area contributed by atoms with Crippen LogP contribution >= 0.6 is 0 Å². The summed E-state index contributed by atoms with van der Waals surface area (Å²) in [4.78, 5) is 25.3. The van der Waals surface area contributed by atoms with Crippen LogP contribution in [0.1, 0.15) is 16.8 Å². The number of halogens is 4. The molecule has 0 fully saturated rings. The van der Waals surface area contributed by atoms with Crippen molar-refractivity contribution < 1.29 is 27.5 Å². The summed E-state index contributed by atoms with van der Waals surface area (Å²) in [5.41, 5.74) is 0.971. The molecule has 2 aromatic carbocycles.